The lowest BCUT2D eigenvalue weighted by atomic mass is 9.96. The molecule has 1 fully saturated rings. The van der Waals surface area contributed by atoms with Crippen molar-refractivity contribution in [1.82, 2.24) is 20.1 Å². The van der Waals surface area contributed by atoms with Gasteiger partial charge in [0.2, 0.25) is 5.82 Å². The second-order valence-electron chi connectivity index (χ2n) is 6.31. The van der Waals surface area contributed by atoms with E-state index in [4.69, 9.17) is 28.9 Å². The average molecular weight is 368 g/mol. The number of hydrogen-bond donors (Lipinski definition) is 2. The van der Waals surface area contributed by atoms with Crippen molar-refractivity contribution in [2.24, 2.45) is 11.7 Å². The van der Waals surface area contributed by atoms with Gasteiger partial charge in [-0.05, 0) is 44.7 Å². The second kappa shape index (κ2) is 6.35. The molecule has 1 atom stereocenters. The summed E-state index contributed by atoms with van der Waals surface area (Å²) in [5.74, 6) is 0.660. The van der Waals surface area contributed by atoms with E-state index in [0.717, 1.165) is 12.8 Å². The molecule has 6 nitrogen and oxygen atoms in total. The molecule has 0 radical (unpaired) electrons. The number of benzene rings is 1. The summed E-state index contributed by atoms with van der Waals surface area (Å²) in [5.41, 5.74) is 5.92. The van der Waals surface area contributed by atoms with E-state index in [1.807, 2.05) is 6.92 Å². The highest BCUT2D eigenvalue weighted by atomic mass is 35.5. The zero-order chi connectivity index (χ0) is 17.5. The van der Waals surface area contributed by atoms with Crippen molar-refractivity contribution in [2.75, 3.05) is 6.54 Å². The van der Waals surface area contributed by atoms with E-state index < -0.39 is 5.54 Å². The molecule has 128 valence electrons. The summed E-state index contributed by atoms with van der Waals surface area (Å²) in [7, 11) is 0. The Kier molecular flexibility index (Phi) is 4.55. The van der Waals surface area contributed by atoms with Crippen LogP contribution in [0.3, 0.4) is 0 Å². The van der Waals surface area contributed by atoms with E-state index in [0.29, 0.717) is 34.0 Å². The number of hydrogen-bond acceptors (Lipinski definition) is 4. The van der Waals surface area contributed by atoms with Crippen LogP contribution in [0.4, 0.5) is 0 Å². The van der Waals surface area contributed by atoms with Crippen LogP contribution in [-0.4, -0.2) is 32.8 Å². The third-order valence-corrected chi connectivity index (χ3v) is 5.03. The number of halogens is 2. The molecule has 3 N–H and O–H groups in total. The average Bonchev–Trinajstić information content (AvgIpc) is 3.32. The summed E-state index contributed by atoms with van der Waals surface area (Å²) >= 11 is 12.4. The maximum absolute atomic E-state index is 12.5. The minimum Gasteiger partial charge on any atom is -0.343 e. The lowest BCUT2D eigenvalue weighted by Gasteiger charge is -2.28. The monoisotopic (exact) mass is 367 g/mol. The van der Waals surface area contributed by atoms with Crippen LogP contribution < -0.4 is 11.1 Å². The first-order valence-electron chi connectivity index (χ1n) is 7.76. The first kappa shape index (κ1) is 17.2. The minimum atomic E-state index is -0.432. The number of carbonyl (C=O) groups is 1. The predicted molar refractivity (Wildman–Crippen MR) is 93.8 cm³/mol. The zero-order valence-electron chi connectivity index (χ0n) is 13.5. The molecule has 1 aromatic carbocycles. The maximum atomic E-state index is 12.5. The van der Waals surface area contributed by atoms with Crippen LogP contribution in [-0.2, 0) is 0 Å². The first-order valence-corrected chi connectivity index (χ1v) is 8.52. The van der Waals surface area contributed by atoms with E-state index in [9.17, 15) is 4.79 Å². The molecule has 1 unspecified atom stereocenters. The number of carbonyl (C=O) groups excluding carboxylic acids is 1. The Balaban J connectivity index is 1.90. The van der Waals surface area contributed by atoms with Gasteiger partial charge >= 0.3 is 0 Å². The number of nitrogens with zero attached hydrogens (tertiary/aromatic N) is 3. The van der Waals surface area contributed by atoms with Crippen LogP contribution in [0.2, 0.25) is 10.0 Å². The molecule has 0 bridgehead atoms. The summed E-state index contributed by atoms with van der Waals surface area (Å²) in [5, 5.41) is 8.13. The molecule has 2 aromatic rings. The van der Waals surface area contributed by atoms with Gasteiger partial charge in [0.05, 0.1) is 15.6 Å². The van der Waals surface area contributed by atoms with Gasteiger partial charge in [-0.1, -0.05) is 29.3 Å². The molecule has 8 heteroatoms. The Morgan fingerprint density at radius 1 is 1.42 bits per heavy atom. The van der Waals surface area contributed by atoms with E-state index in [1.165, 1.54) is 4.68 Å². The van der Waals surface area contributed by atoms with Crippen LogP contribution >= 0.6 is 23.2 Å². The summed E-state index contributed by atoms with van der Waals surface area (Å²) in [6, 6.07) is 5.17. The fourth-order valence-corrected chi connectivity index (χ4v) is 3.30. The third-order valence-electron chi connectivity index (χ3n) is 4.42. The fraction of sp³-hybridized carbons (Fsp3) is 0.438. The molecule has 1 saturated carbocycles. The number of para-hydroxylation sites is 1. The van der Waals surface area contributed by atoms with Crippen LogP contribution in [0.5, 0.6) is 0 Å². The van der Waals surface area contributed by atoms with Gasteiger partial charge < -0.3 is 11.1 Å². The van der Waals surface area contributed by atoms with Crippen molar-refractivity contribution in [3.8, 4) is 5.69 Å². The number of rotatable bonds is 5. The van der Waals surface area contributed by atoms with Crippen molar-refractivity contribution in [1.29, 1.82) is 0 Å². The van der Waals surface area contributed by atoms with Crippen molar-refractivity contribution < 1.29 is 4.79 Å². The van der Waals surface area contributed by atoms with Gasteiger partial charge in [0.25, 0.3) is 5.91 Å². The van der Waals surface area contributed by atoms with Gasteiger partial charge in [0.15, 0.2) is 0 Å². The highest BCUT2D eigenvalue weighted by molar-refractivity contribution is 6.37. The number of nitrogens with one attached hydrogen (secondary N) is 1. The predicted octanol–water partition coefficient (Wildman–Crippen LogP) is 2.74. The van der Waals surface area contributed by atoms with E-state index in [1.54, 1.807) is 25.1 Å². The quantitative estimate of drug-likeness (QED) is 0.850. The molecule has 24 heavy (non-hydrogen) atoms. The van der Waals surface area contributed by atoms with Crippen molar-refractivity contribution >= 4 is 29.1 Å². The molecular formula is C16H19Cl2N5O. The molecular weight excluding hydrogens is 349 g/mol. The molecule has 0 spiro atoms. The number of nitrogens with two attached hydrogens (primary N) is 1. The molecule has 1 aromatic heterocycles. The van der Waals surface area contributed by atoms with Crippen LogP contribution in [0.15, 0.2) is 18.2 Å². The third kappa shape index (κ3) is 3.14. The smallest absolute Gasteiger partial charge is 0.291 e. The molecule has 0 aliphatic heterocycles. The van der Waals surface area contributed by atoms with Gasteiger partial charge in [-0.2, -0.15) is 0 Å². The summed E-state index contributed by atoms with van der Waals surface area (Å²) in [6.45, 7) is 4.07. The fourth-order valence-electron chi connectivity index (χ4n) is 2.74. The Morgan fingerprint density at radius 2 is 2.04 bits per heavy atom. The SMILES string of the molecule is Cc1nc(C(=O)NC(C)(CN)C2CC2)nn1-c1c(Cl)cccc1Cl. The van der Waals surface area contributed by atoms with E-state index in [-0.39, 0.29) is 11.7 Å². The Bertz CT molecular complexity index is 767. The van der Waals surface area contributed by atoms with Gasteiger partial charge in [-0.3, -0.25) is 4.79 Å². The number of aryl methyl sites for hydroxylation is 1. The molecule has 3 rings (SSSR count). The topological polar surface area (TPSA) is 85.8 Å². The lowest BCUT2D eigenvalue weighted by Crippen LogP contribution is -2.53. The molecule has 1 aliphatic rings. The van der Waals surface area contributed by atoms with Gasteiger partial charge in [-0.25, -0.2) is 9.67 Å². The molecule has 1 aliphatic carbocycles. The standard InChI is InChI=1S/C16H19Cl2N5O/c1-9-20-14(15(24)21-16(2,8-19)10-6-7-10)22-23(9)13-11(17)4-3-5-12(13)18/h3-5,10H,6-8,19H2,1-2H3,(H,21,24). The molecule has 0 saturated heterocycles. The van der Waals surface area contributed by atoms with Crippen LogP contribution in [0.25, 0.3) is 5.69 Å². The maximum Gasteiger partial charge on any atom is 0.291 e. The van der Waals surface area contributed by atoms with Crippen molar-refractivity contribution in [3.63, 3.8) is 0 Å². The van der Waals surface area contributed by atoms with E-state index in [2.05, 4.69) is 15.4 Å². The van der Waals surface area contributed by atoms with Gasteiger partial charge in [0.1, 0.15) is 11.5 Å². The van der Waals surface area contributed by atoms with Crippen molar-refractivity contribution in [2.45, 2.75) is 32.2 Å². The largest absolute Gasteiger partial charge is 0.343 e. The summed E-state index contributed by atoms with van der Waals surface area (Å²) in [4.78, 5) is 16.8. The zero-order valence-corrected chi connectivity index (χ0v) is 15.0. The summed E-state index contributed by atoms with van der Waals surface area (Å²) < 4.78 is 1.48. The summed E-state index contributed by atoms with van der Waals surface area (Å²) in [6.07, 6.45) is 2.15. The Hall–Kier alpha value is -1.63. The Labute approximate surface area is 150 Å². The second-order valence-corrected chi connectivity index (χ2v) is 7.13. The number of aromatic nitrogens is 3. The normalized spacial score (nSPS) is 16.7. The molecule has 1 heterocycles. The van der Waals surface area contributed by atoms with Gasteiger partial charge in [0, 0.05) is 6.54 Å². The van der Waals surface area contributed by atoms with Crippen LogP contribution in [0, 0.1) is 12.8 Å². The minimum absolute atomic E-state index is 0.0730. The highest BCUT2D eigenvalue weighted by Crippen LogP contribution is 2.39. The van der Waals surface area contributed by atoms with Gasteiger partial charge in [-0.15, -0.1) is 5.10 Å². The lowest BCUT2D eigenvalue weighted by molar-refractivity contribution is 0.0887. The van der Waals surface area contributed by atoms with Crippen LogP contribution in [0.1, 0.15) is 36.2 Å². The molecule has 1 amide bonds. The first-order chi connectivity index (χ1) is 11.4. The van der Waals surface area contributed by atoms with Crippen molar-refractivity contribution in [3.05, 3.63) is 39.9 Å². The Morgan fingerprint density at radius 3 is 2.58 bits per heavy atom. The highest BCUT2D eigenvalue weighted by Gasteiger charge is 2.42. The number of amides is 1. The van der Waals surface area contributed by atoms with E-state index >= 15 is 0 Å².